The van der Waals surface area contributed by atoms with E-state index < -0.39 is 17.7 Å². The maximum Gasteiger partial charge on any atom is 0.128 e. The Bertz CT molecular complexity index is 310. The molecule has 70 valence electrons. The summed E-state index contributed by atoms with van der Waals surface area (Å²) in [6.45, 7) is 3.48. The molecule has 0 saturated heterocycles. The molecule has 0 spiro atoms. The molecule has 0 amide bonds. The number of hydrogen-bond donors (Lipinski definition) is 1. The third-order valence-electron chi connectivity index (χ3n) is 1.78. The molecule has 3 heteroatoms. The van der Waals surface area contributed by atoms with E-state index in [1.807, 2.05) is 0 Å². The molecule has 0 heterocycles. The standard InChI is InChI=1S/C10H11F2N/c1-2-3-10(13)8-6-7(11)4-5-9(8)12/h2,4-6,10H,1,3,13H2/t10-/m1/s1. The van der Waals surface area contributed by atoms with Gasteiger partial charge >= 0.3 is 0 Å². The summed E-state index contributed by atoms with van der Waals surface area (Å²) >= 11 is 0. The highest BCUT2D eigenvalue weighted by Gasteiger charge is 2.10. The van der Waals surface area contributed by atoms with Crippen LogP contribution >= 0.6 is 0 Å². The lowest BCUT2D eigenvalue weighted by Crippen LogP contribution is -2.11. The number of hydrogen-bond acceptors (Lipinski definition) is 1. The Morgan fingerprint density at radius 1 is 1.46 bits per heavy atom. The van der Waals surface area contributed by atoms with Crippen molar-refractivity contribution in [3.8, 4) is 0 Å². The van der Waals surface area contributed by atoms with Crippen LogP contribution in [0.4, 0.5) is 8.78 Å². The van der Waals surface area contributed by atoms with Gasteiger partial charge in [0.05, 0.1) is 0 Å². The third-order valence-corrected chi connectivity index (χ3v) is 1.78. The minimum atomic E-state index is -0.520. The second-order valence-corrected chi connectivity index (χ2v) is 2.80. The van der Waals surface area contributed by atoms with E-state index in [-0.39, 0.29) is 5.56 Å². The Kier molecular flexibility index (Phi) is 3.14. The molecule has 0 bridgehead atoms. The molecule has 1 rings (SSSR count). The van der Waals surface area contributed by atoms with Gasteiger partial charge in [-0.1, -0.05) is 6.08 Å². The minimum Gasteiger partial charge on any atom is -0.324 e. The third kappa shape index (κ3) is 2.36. The SMILES string of the molecule is C=CC[C@@H](N)c1cc(F)ccc1F. The first-order valence-electron chi connectivity index (χ1n) is 3.96. The van der Waals surface area contributed by atoms with E-state index in [1.54, 1.807) is 6.08 Å². The second kappa shape index (κ2) is 4.14. The van der Waals surface area contributed by atoms with Gasteiger partial charge in [0.15, 0.2) is 0 Å². The lowest BCUT2D eigenvalue weighted by atomic mass is 10.0. The first kappa shape index (κ1) is 9.86. The predicted molar refractivity (Wildman–Crippen MR) is 48.1 cm³/mol. The van der Waals surface area contributed by atoms with Crippen molar-refractivity contribution in [2.45, 2.75) is 12.5 Å². The van der Waals surface area contributed by atoms with Crippen molar-refractivity contribution in [2.75, 3.05) is 0 Å². The van der Waals surface area contributed by atoms with E-state index >= 15 is 0 Å². The Balaban J connectivity index is 2.97. The van der Waals surface area contributed by atoms with Gasteiger partial charge in [0.1, 0.15) is 11.6 Å². The summed E-state index contributed by atoms with van der Waals surface area (Å²) in [4.78, 5) is 0. The Labute approximate surface area is 75.9 Å². The van der Waals surface area contributed by atoms with Crippen LogP contribution in [0.3, 0.4) is 0 Å². The zero-order chi connectivity index (χ0) is 9.84. The number of benzene rings is 1. The van der Waals surface area contributed by atoms with Gasteiger partial charge in [0, 0.05) is 11.6 Å². The predicted octanol–water partition coefficient (Wildman–Crippen LogP) is 2.54. The molecule has 1 aromatic rings. The van der Waals surface area contributed by atoms with Crippen LogP contribution in [0.1, 0.15) is 18.0 Å². The Morgan fingerprint density at radius 2 is 2.15 bits per heavy atom. The fraction of sp³-hybridized carbons (Fsp3) is 0.200. The van der Waals surface area contributed by atoms with Crippen LogP contribution in [0, 0.1) is 11.6 Å². The smallest absolute Gasteiger partial charge is 0.128 e. The highest BCUT2D eigenvalue weighted by Crippen LogP contribution is 2.18. The Hall–Kier alpha value is -1.22. The quantitative estimate of drug-likeness (QED) is 0.716. The maximum absolute atomic E-state index is 13.1. The molecule has 0 aliphatic carbocycles. The molecule has 0 radical (unpaired) electrons. The normalized spacial score (nSPS) is 12.5. The number of nitrogens with two attached hydrogens (primary N) is 1. The molecule has 0 aliphatic rings. The molecule has 13 heavy (non-hydrogen) atoms. The molecule has 1 atom stereocenters. The maximum atomic E-state index is 13.1. The summed E-state index contributed by atoms with van der Waals surface area (Å²) in [7, 11) is 0. The van der Waals surface area contributed by atoms with Crippen molar-refractivity contribution < 1.29 is 8.78 Å². The molecule has 0 fully saturated rings. The molecular formula is C10H11F2N. The molecule has 1 nitrogen and oxygen atoms in total. The van der Waals surface area contributed by atoms with Gasteiger partial charge in [-0.25, -0.2) is 8.78 Å². The first-order valence-corrected chi connectivity index (χ1v) is 3.96. The van der Waals surface area contributed by atoms with Crippen LogP contribution in [0.5, 0.6) is 0 Å². The van der Waals surface area contributed by atoms with E-state index in [4.69, 9.17) is 5.73 Å². The fourth-order valence-corrected chi connectivity index (χ4v) is 1.11. The van der Waals surface area contributed by atoms with E-state index in [1.165, 1.54) is 0 Å². The summed E-state index contributed by atoms with van der Waals surface area (Å²) in [5.74, 6) is -0.952. The largest absolute Gasteiger partial charge is 0.324 e. The summed E-state index contributed by atoms with van der Waals surface area (Å²) in [5, 5.41) is 0. The van der Waals surface area contributed by atoms with Crippen molar-refractivity contribution in [1.82, 2.24) is 0 Å². The van der Waals surface area contributed by atoms with Crippen LogP contribution in [0.25, 0.3) is 0 Å². The van der Waals surface area contributed by atoms with E-state index in [0.717, 1.165) is 18.2 Å². The Morgan fingerprint density at radius 3 is 2.77 bits per heavy atom. The van der Waals surface area contributed by atoms with E-state index in [2.05, 4.69) is 6.58 Å². The average molecular weight is 183 g/mol. The van der Waals surface area contributed by atoms with Gasteiger partial charge < -0.3 is 5.73 Å². The lowest BCUT2D eigenvalue weighted by Gasteiger charge is -2.10. The van der Waals surface area contributed by atoms with Gasteiger partial charge in [-0.05, 0) is 24.6 Å². The van der Waals surface area contributed by atoms with Gasteiger partial charge in [0.25, 0.3) is 0 Å². The zero-order valence-corrected chi connectivity index (χ0v) is 7.13. The van der Waals surface area contributed by atoms with Crippen LogP contribution in [0.2, 0.25) is 0 Å². The molecule has 1 aromatic carbocycles. The van der Waals surface area contributed by atoms with Crippen LogP contribution in [0.15, 0.2) is 30.9 Å². The molecule has 0 saturated carbocycles. The van der Waals surface area contributed by atoms with Crippen molar-refractivity contribution in [2.24, 2.45) is 5.73 Å². The van der Waals surface area contributed by atoms with Crippen LogP contribution < -0.4 is 5.73 Å². The molecular weight excluding hydrogens is 172 g/mol. The molecule has 0 unspecified atom stereocenters. The molecule has 2 N–H and O–H groups in total. The minimum absolute atomic E-state index is 0.194. The van der Waals surface area contributed by atoms with Crippen molar-refractivity contribution in [1.29, 1.82) is 0 Å². The number of rotatable bonds is 3. The molecule has 0 aliphatic heterocycles. The highest BCUT2D eigenvalue weighted by molar-refractivity contribution is 5.22. The molecule has 0 aromatic heterocycles. The topological polar surface area (TPSA) is 26.0 Å². The summed E-state index contributed by atoms with van der Waals surface area (Å²) < 4.78 is 25.8. The van der Waals surface area contributed by atoms with E-state index in [9.17, 15) is 8.78 Å². The number of halogens is 2. The lowest BCUT2D eigenvalue weighted by molar-refractivity contribution is 0.563. The first-order chi connectivity index (χ1) is 6.15. The summed E-state index contributed by atoms with van der Waals surface area (Å²) in [6.07, 6.45) is 2.01. The van der Waals surface area contributed by atoms with Crippen molar-refractivity contribution in [3.63, 3.8) is 0 Å². The van der Waals surface area contributed by atoms with Gasteiger partial charge in [-0.15, -0.1) is 6.58 Å². The average Bonchev–Trinajstić information content (AvgIpc) is 2.09. The van der Waals surface area contributed by atoms with Crippen LogP contribution in [-0.4, -0.2) is 0 Å². The monoisotopic (exact) mass is 183 g/mol. The van der Waals surface area contributed by atoms with Crippen molar-refractivity contribution in [3.05, 3.63) is 48.1 Å². The highest BCUT2D eigenvalue weighted by atomic mass is 19.1. The zero-order valence-electron chi connectivity index (χ0n) is 7.13. The van der Waals surface area contributed by atoms with Crippen molar-refractivity contribution >= 4 is 0 Å². The summed E-state index contributed by atoms with van der Waals surface area (Å²) in [5.41, 5.74) is 5.79. The van der Waals surface area contributed by atoms with E-state index in [0.29, 0.717) is 6.42 Å². The summed E-state index contributed by atoms with van der Waals surface area (Å²) in [6, 6.07) is 2.74. The fourth-order valence-electron chi connectivity index (χ4n) is 1.11. The van der Waals surface area contributed by atoms with Gasteiger partial charge in [0.2, 0.25) is 0 Å². The van der Waals surface area contributed by atoms with Gasteiger partial charge in [-0.2, -0.15) is 0 Å². The van der Waals surface area contributed by atoms with Gasteiger partial charge in [-0.3, -0.25) is 0 Å². The van der Waals surface area contributed by atoms with Crippen LogP contribution in [-0.2, 0) is 0 Å². The second-order valence-electron chi connectivity index (χ2n) is 2.80.